The Morgan fingerprint density at radius 3 is 2.15 bits per heavy atom. The van der Waals surface area contributed by atoms with E-state index in [1.54, 1.807) is 42.5 Å². The lowest BCUT2D eigenvalue weighted by Gasteiger charge is -2.12. The first kappa shape index (κ1) is 25.8. The molecule has 0 saturated carbocycles. The summed E-state index contributed by atoms with van der Waals surface area (Å²) in [5.41, 5.74) is 7.68. The third-order valence-electron chi connectivity index (χ3n) is 4.13. The van der Waals surface area contributed by atoms with Gasteiger partial charge in [0.05, 0.1) is 16.3 Å². The van der Waals surface area contributed by atoms with Gasteiger partial charge in [-0.15, -0.1) is 12.4 Å². The maximum absolute atomic E-state index is 13.0. The van der Waals surface area contributed by atoms with E-state index in [2.05, 4.69) is 20.9 Å². The minimum absolute atomic E-state index is 0. The average Bonchev–Trinajstić information content (AvgIpc) is 2.70. The number of halogens is 5. The fraction of sp³-hybridized carbons (Fsp3) is 0.0909. The van der Waals surface area contributed by atoms with Crippen LogP contribution in [0.25, 0.3) is 0 Å². The number of alkyl halides is 3. The molecule has 3 rings (SSSR count). The van der Waals surface area contributed by atoms with E-state index in [0.29, 0.717) is 11.4 Å². The number of nitrogens with one attached hydrogen (secondary N) is 3. The summed E-state index contributed by atoms with van der Waals surface area (Å²) in [5.74, 6) is -0.243. The molecule has 11 heteroatoms. The number of rotatable bonds is 5. The van der Waals surface area contributed by atoms with Crippen LogP contribution in [0.2, 0.25) is 5.02 Å². The highest BCUT2D eigenvalue weighted by atomic mass is 35.5. The fourth-order valence-electron chi connectivity index (χ4n) is 2.80. The Balaban J connectivity index is 0.00000385. The molecular weight excluding hydrogens is 478 g/mol. The molecule has 0 unspecified atom stereocenters. The van der Waals surface area contributed by atoms with Crippen molar-refractivity contribution in [3.05, 3.63) is 77.3 Å². The maximum atomic E-state index is 13.0. The number of amides is 1. The molecule has 0 fully saturated rings. The van der Waals surface area contributed by atoms with Crippen LogP contribution in [-0.4, -0.2) is 11.9 Å². The number of carbonyl (C=O) groups excluding carboxylic acids is 1. The Hall–Kier alpha value is -3.43. The Kier molecular flexibility index (Phi) is 8.56. The van der Waals surface area contributed by atoms with Crippen molar-refractivity contribution >= 4 is 64.3 Å². The zero-order chi connectivity index (χ0) is 23.3. The van der Waals surface area contributed by atoms with E-state index in [9.17, 15) is 18.0 Å². The number of benzene rings is 3. The van der Waals surface area contributed by atoms with Crippen molar-refractivity contribution in [2.75, 3.05) is 16.0 Å². The second kappa shape index (κ2) is 10.9. The second-order valence-corrected chi connectivity index (χ2v) is 7.16. The summed E-state index contributed by atoms with van der Waals surface area (Å²) >= 11 is 5.62. The Morgan fingerprint density at radius 1 is 0.909 bits per heavy atom. The van der Waals surface area contributed by atoms with Gasteiger partial charge in [0.15, 0.2) is 5.96 Å². The van der Waals surface area contributed by atoms with Crippen molar-refractivity contribution in [2.24, 2.45) is 10.7 Å². The van der Waals surface area contributed by atoms with E-state index in [1.807, 2.05) is 6.07 Å². The first-order chi connectivity index (χ1) is 15.1. The molecule has 33 heavy (non-hydrogen) atoms. The molecule has 0 heterocycles. The van der Waals surface area contributed by atoms with Gasteiger partial charge in [-0.1, -0.05) is 17.7 Å². The van der Waals surface area contributed by atoms with Crippen LogP contribution in [0.3, 0.4) is 0 Å². The van der Waals surface area contributed by atoms with Gasteiger partial charge in [0.2, 0.25) is 5.91 Å². The topological polar surface area (TPSA) is 91.5 Å². The molecule has 0 atom stereocenters. The number of carbonyl (C=O) groups is 1. The summed E-state index contributed by atoms with van der Waals surface area (Å²) in [6.07, 6.45) is -4.58. The quantitative estimate of drug-likeness (QED) is 0.238. The SMILES string of the molecule is CC(=O)Nc1cccc(Nc2ccc(N=C(N)Nc3ccc(Cl)c(C(F)(F)F)c3)cc2)c1.Cl. The lowest BCUT2D eigenvalue weighted by atomic mass is 10.2. The maximum Gasteiger partial charge on any atom is 0.417 e. The molecule has 1 amide bonds. The molecule has 3 aromatic carbocycles. The van der Waals surface area contributed by atoms with Gasteiger partial charge in [-0.3, -0.25) is 4.79 Å². The number of hydrogen-bond acceptors (Lipinski definition) is 3. The van der Waals surface area contributed by atoms with Gasteiger partial charge in [0.25, 0.3) is 0 Å². The molecule has 0 aliphatic heterocycles. The molecule has 0 aliphatic rings. The normalized spacial score (nSPS) is 11.4. The van der Waals surface area contributed by atoms with E-state index >= 15 is 0 Å². The van der Waals surface area contributed by atoms with Gasteiger partial charge >= 0.3 is 6.18 Å². The Labute approximate surface area is 199 Å². The lowest BCUT2D eigenvalue weighted by molar-refractivity contribution is -0.137. The molecule has 0 bridgehead atoms. The van der Waals surface area contributed by atoms with Crippen LogP contribution in [-0.2, 0) is 11.0 Å². The van der Waals surface area contributed by atoms with Crippen molar-refractivity contribution in [1.82, 2.24) is 0 Å². The first-order valence-corrected chi connectivity index (χ1v) is 9.70. The predicted octanol–water partition coefficient (Wildman–Crippen LogP) is 6.54. The predicted molar refractivity (Wildman–Crippen MR) is 129 cm³/mol. The highest BCUT2D eigenvalue weighted by Gasteiger charge is 2.33. The molecule has 5 N–H and O–H groups in total. The molecule has 174 valence electrons. The van der Waals surface area contributed by atoms with Crippen LogP contribution in [0.5, 0.6) is 0 Å². The van der Waals surface area contributed by atoms with Crippen LogP contribution < -0.4 is 21.7 Å². The van der Waals surface area contributed by atoms with Crippen molar-refractivity contribution in [1.29, 1.82) is 0 Å². The fourth-order valence-corrected chi connectivity index (χ4v) is 3.02. The minimum Gasteiger partial charge on any atom is -0.369 e. The van der Waals surface area contributed by atoms with Crippen molar-refractivity contribution in [3.63, 3.8) is 0 Å². The van der Waals surface area contributed by atoms with Crippen LogP contribution >= 0.6 is 24.0 Å². The zero-order valence-corrected chi connectivity index (χ0v) is 18.8. The van der Waals surface area contributed by atoms with Gasteiger partial charge in [0.1, 0.15) is 0 Å². The zero-order valence-electron chi connectivity index (χ0n) is 17.2. The minimum atomic E-state index is -4.58. The van der Waals surface area contributed by atoms with Gasteiger partial charge in [-0.2, -0.15) is 13.2 Å². The molecule has 0 aromatic heterocycles. The highest BCUT2D eigenvalue weighted by molar-refractivity contribution is 6.31. The van der Waals surface area contributed by atoms with Crippen molar-refractivity contribution in [2.45, 2.75) is 13.1 Å². The summed E-state index contributed by atoms with van der Waals surface area (Å²) < 4.78 is 39.0. The van der Waals surface area contributed by atoms with Crippen LogP contribution in [0, 0.1) is 0 Å². The summed E-state index contributed by atoms with van der Waals surface area (Å²) in [6, 6.07) is 17.5. The van der Waals surface area contributed by atoms with E-state index < -0.39 is 16.8 Å². The summed E-state index contributed by atoms with van der Waals surface area (Å²) in [4.78, 5) is 15.3. The van der Waals surface area contributed by atoms with Crippen molar-refractivity contribution < 1.29 is 18.0 Å². The summed E-state index contributed by atoms with van der Waals surface area (Å²) in [6.45, 7) is 1.43. The smallest absolute Gasteiger partial charge is 0.369 e. The van der Waals surface area contributed by atoms with E-state index in [4.69, 9.17) is 17.3 Å². The number of nitrogens with zero attached hydrogens (tertiary/aromatic N) is 1. The largest absolute Gasteiger partial charge is 0.417 e. The molecule has 0 spiro atoms. The molecule has 0 radical (unpaired) electrons. The number of nitrogens with two attached hydrogens (primary N) is 1. The summed E-state index contributed by atoms with van der Waals surface area (Å²) in [7, 11) is 0. The van der Waals surface area contributed by atoms with E-state index in [0.717, 1.165) is 23.5 Å². The molecule has 0 aliphatic carbocycles. The molecule has 6 nitrogen and oxygen atoms in total. The monoisotopic (exact) mass is 497 g/mol. The van der Waals surface area contributed by atoms with Crippen LogP contribution in [0.4, 0.5) is 41.6 Å². The number of anilines is 4. The van der Waals surface area contributed by atoms with Crippen LogP contribution in [0.15, 0.2) is 71.7 Å². The van der Waals surface area contributed by atoms with Gasteiger partial charge in [0, 0.05) is 29.7 Å². The van der Waals surface area contributed by atoms with Crippen LogP contribution in [0.1, 0.15) is 12.5 Å². The molecule has 3 aromatic rings. The standard InChI is InChI=1S/C22H19ClF3N5O.ClH/c1-13(32)28-16-3-2-4-17(11-16)29-14-5-7-15(8-6-14)30-21(27)31-18-9-10-20(23)19(12-18)22(24,25)26;/h2-12,29H,1H3,(H,28,32)(H3,27,30,31);1H. The van der Waals surface area contributed by atoms with Gasteiger partial charge < -0.3 is 21.7 Å². The Morgan fingerprint density at radius 2 is 1.52 bits per heavy atom. The lowest BCUT2D eigenvalue weighted by Crippen LogP contribution is -2.22. The molecule has 0 saturated heterocycles. The average molecular weight is 498 g/mol. The third-order valence-corrected chi connectivity index (χ3v) is 4.46. The highest BCUT2D eigenvalue weighted by Crippen LogP contribution is 2.36. The number of aliphatic imine (C=N–C) groups is 1. The third kappa shape index (κ3) is 7.58. The number of hydrogen-bond donors (Lipinski definition) is 4. The van der Waals surface area contributed by atoms with E-state index in [-0.39, 0.29) is 30.0 Å². The van der Waals surface area contributed by atoms with Gasteiger partial charge in [-0.25, -0.2) is 4.99 Å². The van der Waals surface area contributed by atoms with E-state index in [1.165, 1.54) is 13.0 Å². The number of guanidine groups is 1. The molecular formula is C22H20Cl2F3N5O. The van der Waals surface area contributed by atoms with Crippen molar-refractivity contribution in [3.8, 4) is 0 Å². The second-order valence-electron chi connectivity index (χ2n) is 6.75. The first-order valence-electron chi connectivity index (χ1n) is 9.33. The van der Waals surface area contributed by atoms with Gasteiger partial charge in [-0.05, 0) is 60.7 Å². The Bertz CT molecular complexity index is 1150. The summed E-state index contributed by atoms with van der Waals surface area (Å²) in [5, 5.41) is 8.13.